The van der Waals surface area contributed by atoms with Gasteiger partial charge in [0.2, 0.25) is 0 Å². The molecule has 0 saturated heterocycles. The van der Waals surface area contributed by atoms with E-state index in [1.165, 1.54) is 8.70 Å². The molecule has 0 radical (unpaired) electrons. The predicted molar refractivity (Wildman–Crippen MR) is 81.6 cm³/mol. The summed E-state index contributed by atoms with van der Waals surface area (Å²) in [4.78, 5) is 0. The standard InChI is InChI=1S/C12H12As2S2/c15-13(11-7-3-1-4-8-11)14(16)12-9-5-2-6-10-12/h1-10,15-16H. The fourth-order valence-corrected chi connectivity index (χ4v) is 18.7. The Morgan fingerprint density at radius 2 is 0.875 bits per heavy atom. The van der Waals surface area contributed by atoms with Crippen molar-refractivity contribution in [2.75, 3.05) is 0 Å². The molecule has 82 valence electrons. The summed E-state index contributed by atoms with van der Waals surface area (Å²) < 4.78 is 2.83. The summed E-state index contributed by atoms with van der Waals surface area (Å²) in [5.41, 5.74) is 0. The summed E-state index contributed by atoms with van der Waals surface area (Å²) >= 11 is -2.50. The summed E-state index contributed by atoms with van der Waals surface area (Å²) in [5.74, 6) is 0. The molecule has 0 bridgehead atoms. The van der Waals surface area contributed by atoms with E-state index in [9.17, 15) is 0 Å². The number of hydrogen-bond donors (Lipinski definition) is 2. The summed E-state index contributed by atoms with van der Waals surface area (Å²) in [7, 11) is 9.72. The van der Waals surface area contributed by atoms with Gasteiger partial charge in [0.1, 0.15) is 0 Å². The Morgan fingerprint density at radius 3 is 1.19 bits per heavy atom. The summed E-state index contributed by atoms with van der Waals surface area (Å²) in [6.45, 7) is 0. The van der Waals surface area contributed by atoms with Gasteiger partial charge in [-0.3, -0.25) is 0 Å². The molecule has 2 atom stereocenters. The van der Waals surface area contributed by atoms with Crippen LogP contribution in [0.4, 0.5) is 0 Å². The van der Waals surface area contributed by atoms with E-state index in [1.807, 2.05) is 0 Å². The molecule has 0 aliphatic heterocycles. The molecule has 0 fully saturated rings. The van der Waals surface area contributed by atoms with Crippen molar-refractivity contribution in [3.63, 3.8) is 0 Å². The average molecular weight is 370 g/mol. The molecular weight excluding hydrogens is 358 g/mol. The van der Waals surface area contributed by atoms with Crippen LogP contribution >= 0.6 is 21.8 Å². The van der Waals surface area contributed by atoms with Crippen molar-refractivity contribution in [3.05, 3.63) is 60.7 Å². The van der Waals surface area contributed by atoms with E-state index in [-0.39, 0.29) is 0 Å². The van der Waals surface area contributed by atoms with E-state index in [2.05, 4.69) is 60.7 Å². The Morgan fingerprint density at radius 1 is 0.562 bits per heavy atom. The molecule has 2 unspecified atom stereocenters. The average Bonchev–Trinajstić information content (AvgIpc) is 2.39. The first-order chi connectivity index (χ1) is 7.79. The SMILES string of the molecule is S[As](c1ccccc1)[As](S)c1ccccc1. The van der Waals surface area contributed by atoms with Crippen LogP contribution in [0.1, 0.15) is 0 Å². The maximum absolute atomic E-state index is 4.86. The van der Waals surface area contributed by atoms with Gasteiger partial charge in [-0.1, -0.05) is 0 Å². The zero-order valence-corrected chi connectivity index (χ0v) is 14.1. The van der Waals surface area contributed by atoms with E-state index in [4.69, 9.17) is 21.8 Å². The van der Waals surface area contributed by atoms with E-state index in [0.29, 0.717) is 0 Å². The Bertz CT molecular complexity index is 390. The van der Waals surface area contributed by atoms with Crippen molar-refractivity contribution < 1.29 is 0 Å². The van der Waals surface area contributed by atoms with Gasteiger partial charge >= 0.3 is 114 Å². The maximum atomic E-state index is 4.86. The second-order valence-electron chi connectivity index (χ2n) is 3.25. The van der Waals surface area contributed by atoms with Crippen LogP contribution in [0.2, 0.25) is 0 Å². The molecule has 0 N–H and O–H groups in total. The zero-order valence-electron chi connectivity index (χ0n) is 8.56. The molecule has 2 rings (SSSR count). The first-order valence-electron chi connectivity index (χ1n) is 4.87. The number of rotatable bonds is 3. The van der Waals surface area contributed by atoms with Crippen LogP contribution in [0.3, 0.4) is 0 Å². The molecule has 0 aliphatic carbocycles. The molecule has 0 amide bonds. The Labute approximate surface area is 113 Å². The minimum atomic E-state index is -1.25. The fourth-order valence-electron chi connectivity index (χ4n) is 1.34. The van der Waals surface area contributed by atoms with Crippen molar-refractivity contribution in [3.8, 4) is 0 Å². The van der Waals surface area contributed by atoms with Crippen LogP contribution in [0.25, 0.3) is 0 Å². The normalized spacial score (nSPS) is 14.4. The third-order valence-corrected chi connectivity index (χ3v) is 30.9. The van der Waals surface area contributed by atoms with Crippen LogP contribution in [0.5, 0.6) is 0 Å². The van der Waals surface area contributed by atoms with Crippen molar-refractivity contribution in [1.82, 2.24) is 0 Å². The van der Waals surface area contributed by atoms with Crippen LogP contribution in [0, 0.1) is 0 Å². The molecule has 0 spiro atoms. The number of thiol groups is 2. The number of benzene rings is 2. The topological polar surface area (TPSA) is 0 Å². The van der Waals surface area contributed by atoms with Crippen molar-refractivity contribution in [2.45, 2.75) is 0 Å². The molecule has 0 heterocycles. The molecule has 0 saturated carbocycles. The van der Waals surface area contributed by atoms with Crippen molar-refractivity contribution >= 4 is 53.3 Å². The van der Waals surface area contributed by atoms with E-state index >= 15 is 0 Å². The van der Waals surface area contributed by atoms with E-state index in [0.717, 1.165) is 0 Å². The van der Waals surface area contributed by atoms with Gasteiger partial charge in [-0.2, -0.15) is 0 Å². The Hall–Kier alpha value is 0.257. The van der Waals surface area contributed by atoms with Crippen LogP contribution in [0.15, 0.2) is 60.7 Å². The van der Waals surface area contributed by atoms with Crippen LogP contribution < -0.4 is 8.70 Å². The molecule has 0 aliphatic rings. The van der Waals surface area contributed by atoms with Crippen molar-refractivity contribution in [1.29, 1.82) is 0 Å². The minimum absolute atomic E-state index is 1.25. The molecule has 16 heavy (non-hydrogen) atoms. The summed E-state index contributed by atoms with van der Waals surface area (Å²) in [5, 5.41) is 0. The Kier molecular flexibility index (Phi) is 4.97. The van der Waals surface area contributed by atoms with Crippen molar-refractivity contribution in [2.24, 2.45) is 0 Å². The van der Waals surface area contributed by atoms with Gasteiger partial charge in [-0.25, -0.2) is 0 Å². The summed E-state index contributed by atoms with van der Waals surface area (Å²) in [6, 6.07) is 21.2. The third-order valence-electron chi connectivity index (χ3n) is 2.15. The second-order valence-corrected chi connectivity index (χ2v) is 27.8. The second kappa shape index (κ2) is 6.26. The molecule has 0 nitrogen and oxygen atoms in total. The molecular formula is C12H12As2S2. The Balaban J connectivity index is 2.20. The van der Waals surface area contributed by atoms with Gasteiger partial charge in [0.15, 0.2) is 0 Å². The molecule has 2 aromatic carbocycles. The third kappa shape index (κ3) is 3.14. The molecule has 2 aromatic rings. The van der Waals surface area contributed by atoms with Gasteiger partial charge in [0.25, 0.3) is 0 Å². The van der Waals surface area contributed by atoms with Crippen LogP contribution in [-0.4, -0.2) is 22.9 Å². The molecule has 4 heteroatoms. The van der Waals surface area contributed by atoms with Crippen LogP contribution in [-0.2, 0) is 0 Å². The van der Waals surface area contributed by atoms with Gasteiger partial charge in [-0.15, -0.1) is 0 Å². The quantitative estimate of drug-likeness (QED) is 0.597. The first-order valence-corrected chi connectivity index (χ1v) is 17.8. The fraction of sp³-hybridized carbons (Fsp3) is 0. The van der Waals surface area contributed by atoms with E-state index in [1.54, 1.807) is 0 Å². The predicted octanol–water partition coefficient (Wildman–Crippen LogP) is 1.72. The molecule has 0 aromatic heterocycles. The first kappa shape index (κ1) is 12.7. The van der Waals surface area contributed by atoms with Gasteiger partial charge in [-0.05, 0) is 0 Å². The zero-order chi connectivity index (χ0) is 11.4. The van der Waals surface area contributed by atoms with E-state index < -0.39 is 22.9 Å². The van der Waals surface area contributed by atoms with Gasteiger partial charge in [0.05, 0.1) is 0 Å². The van der Waals surface area contributed by atoms with Gasteiger partial charge < -0.3 is 0 Å². The van der Waals surface area contributed by atoms with Gasteiger partial charge in [0, 0.05) is 0 Å². The monoisotopic (exact) mass is 370 g/mol. The summed E-state index contributed by atoms with van der Waals surface area (Å²) in [6.07, 6.45) is 0. The number of hydrogen-bond acceptors (Lipinski definition) is 2.